The van der Waals surface area contributed by atoms with Crippen molar-refractivity contribution in [2.24, 2.45) is 5.92 Å². The minimum Gasteiger partial charge on any atom is -0.302 e. The first-order valence-electron chi connectivity index (χ1n) is 10.1. The molecular weight excluding hydrogens is 437 g/mol. The number of piperidine rings is 1. The summed E-state index contributed by atoms with van der Waals surface area (Å²) in [6.45, 7) is 6.11. The van der Waals surface area contributed by atoms with E-state index in [4.69, 9.17) is 0 Å². The number of carbonyl (C=O) groups is 1. The second-order valence-corrected chi connectivity index (χ2v) is 10.9. The number of amides is 1. The van der Waals surface area contributed by atoms with Crippen LogP contribution >= 0.6 is 11.3 Å². The number of nitrogens with one attached hydrogen (secondary N) is 1. The highest BCUT2D eigenvalue weighted by Gasteiger charge is 2.33. The average molecular weight is 462 g/mol. The summed E-state index contributed by atoms with van der Waals surface area (Å²) in [7, 11) is -3.72. The lowest BCUT2D eigenvalue weighted by atomic mass is 9.97. The summed E-state index contributed by atoms with van der Waals surface area (Å²) in [5, 5.41) is 3.47. The topological polar surface area (TPSA) is 79.4 Å². The van der Waals surface area contributed by atoms with Gasteiger partial charge in [0.25, 0.3) is 0 Å². The Morgan fingerprint density at radius 3 is 2.52 bits per heavy atom. The number of rotatable bonds is 4. The molecule has 0 aliphatic carbocycles. The number of anilines is 1. The van der Waals surface area contributed by atoms with Crippen molar-refractivity contribution in [2.75, 3.05) is 18.4 Å². The molecule has 3 aromatic rings. The molecule has 31 heavy (non-hydrogen) atoms. The summed E-state index contributed by atoms with van der Waals surface area (Å²) in [4.78, 5) is 17.4. The Labute approximate surface area is 185 Å². The van der Waals surface area contributed by atoms with Crippen molar-refractivity contribution in [1.82, 2.24) is 9.29 Å². The molecule has 1 saturated heterocycles. The van der Waals surface area contributed by atoms with Gasteiger partial charge in [0, 0.05) is 19.0 Å². The highest BCUT2D eigenvalue weighted by molar-refractivity contribution is 7.89. The van der Waals surface area contributed by atoms with Gasteiger partial charge in [-0.05, 0) is 74.6 Å². The van der Waals surface area contributed by atoms with E-state index in [0.29, 0.717) is 23.5 Å². The second-order valence-electron chi connectivity index (χ2n) is 8.03. The quantitative estimate of drug-likeness (QED) is 0.625. The van der Waals surface area contributed by atoms with Crippen molar-refractivity contribution in [3.8, 4) is 0 Å². The lowest BCUT2D eigenvalue weighted by Crippen LogP contribution is -2.41. The molecular formula is C22H24FN3O3S2. The Balaban J connectivity index is 1.42. The molecule has 4 rings (SSSR count). The molecule has 164 valence electrons. The van der Waals surface area contributed by atoms with Crippen LogP contribution in [0.2, 0.25) is 0 Å². The maximum atomic E-state index is 13.3. The molecule has 1 aliphatic rings. The van der Waals surface area contributed by atoms with Crippen molar-refractivity contribution in [1.29, 1.82) is 0 Å². The lowest BCUT2D eigenvalue weighted by molar-refractivity contribution is -0.120. The number of carbonyl (C=O) groups excluding carboxylic acids is 1. The second kappa shape index (κ2) is 8.29. The zero-order valence-corrected chi connectivity index (χ0v) is 19.2. The minimum absolute atomic E-state index is 0.108. The van der Waals surface area contributed by atoms with Crippen LogP contribution in [0.3, 0.4) is 0 Å². The monoisotopic (exact) mass is 461 g/mol. The molecule has 2 aromatic carbocycles. The Morgan fingerprint density at radius 2 is 1.84 bits per heavy atom. The summed E-state index contributed by atoms with van der Waals surface area (Å²) in [6.07, 6.45) is 0.850. The van der Waals surface area contributed by atoms with E-state index in [1.807, 2.05) is 19.9 Å². The third kappa shape index (κ3) is 4.35. The number of aromatic nitrogens is 1. The first kappa shape index (κ1) is 21.9. The maximum absolute atomic E-state index is 13.3. The largest absolute Gasteiger partial charge is 0.302 e. The minimum atomic E-state index is -3.72. The Kier molecular flexibility index (Phi) is 5.85. The zero-order chi connectivity index (χ0) is 22.3. The molecule has 1 N–H and O–H groups in total. The molecule has 0 radical (unpaired) electrons. The predicted octanol–water partition coefficient (Wildman–Crippen LogP) is 4.40. The fourth-order valence-corrected chi connectivity index (χ4v) is 6.63. The zero-order valence-electron chi connectivity index (χ0n) is 17.6. The molecule has 0 spiro atoms. The molecule has 2 heterocycles. The van der Waals surface area contributed by atoms with Crippen LogP contribution in [0.15, 0.2) is 35.2 Å². The van der Waals surface area contributed by atoms with E-state index in [1.54, 1.807) is 6.92 Å². The first-order valence-corrected chi connectivity index (χ1v) is 12.4. The van der Waals surface area contributed by atoms with Crippen molar-refractivity contribution in [2.45, 2.75) is 38.5 Å². The van der Waals surface area contributed by atoms with E-state index in [1.165, 1.54) is 27.8 Å². The van der Waals surface area contributed by atoms with Crippen LogP contribution in [0.25, 0.3) is 10.2 Å². The third-order valence-corrected chi connectivity index (χ3v) is 8.81. The smallest absolute Gasteiger partial charge is 0.243 e. The van der Waals surface area contributed by atoms with Crippen LogP contribution in [-0.2, 0) is 14.8 Å². The highest BCUT2D eigenvalue weighted by Crippen LogP contribution is 2.31. The number of hydrogen-bond donors (Lipinski definition) is 1. The summed E-state index contributed by atoms with van der Waals surface area (Å²) in [5.41, 5.74) is 3.50. The average Bonchev–Trinajstić information content (AvgIpc) is 3.10. The molecule has 9 heteroatoms. The van der Waals surface area contributed by atoms with Gasteiger partial charge < -0.3 is 5.32 Å². The van der Waals surface area contributed by atoms with Crippen LogP contribution in [-0.4, -0.2) is 36.7 Å². The number of halogens is 1. The number of nitrogens with zero attached hydrogens (tertiary/aromatic N) is 2. The van der Waals surface area contributed by atoms with Crippen LogP contribution in [0.1, 0.15) is 29.5 Å². The van der Waals surface area contributed by atoms with E-state index < -0.39 is 15.8 Å². The molecule has 6 nitrogen and oxygen atoms in total. The Bertz CT molecular complexity index is 1260. The highest BCUT2D eigenvalue weighted by atomic mass is 32.2. The number of aryl methyl sites for hydroxylation is 3. The normalized spacial score (nSPS) is 16.0. The number of thiazole rings is 1. The van der Waals surface area contributed by atoms with Crippen molar-refractivity contribution < 1.29 is 17.6 Å². The van der Waals surface area contributed by atoms with E-state index in [0.717, 1.165) is 27.4 Å². The van der Waals surface area contributed by atoms with Gasteiger partial charge in [-0.1, -0.05) is 17.4 Å². The molecule has 0 bridgehead atoms. The van der Waals surface area contributed by atoms with Crippen LogP contribution in [0, 0.1) is 32.5 Å². The molecule has 0 atom stereocenters. The Morgan fingerprint density at radius 1 is 1.13 bits per heavy atom. The Hall–Kier alpha value is -2.36. The van der Waals surface area contributed by atoms with E-state index in [-0.39, 0.29) is 29.8 Å². The SMILES string of the molecule is Cc1cc(C)c2sc(NC(=O)C3CCN(S(=O)(=O)c4ccc(F)cc4C)CC3)nc2c1. The van der Waals surface area contributed by atoms with Crippen LogP contribution in [0.5, 0.6) is 0 Å². The van der Waals surface area contributed by atoms with E-state index in [2.05, 4.69) is 16.4 Å². The standard InChI is InChI=1S/C22H24FN3O3S2/c1-13-10-15(3)20-18(11-13)24-22(30-20)25-21(27)16-6-8-26(9-7-16)31(28,29)19-5-4-17(23)12-14(19)2/h4-5,10-12,16H,6-9H2,1-3H3,(H,24,25,27). The first-order chi connectivity index (χ1) is 14.6. The van der Waals surface area contributed by atoms with Crippen molar-refractivity contribution >= 4 is 42.6 Å². The van der Waals surface area contributed by atoms with Gasteiger partial charge in [0.15, 0.2) is 5.13 Å². The van der Waals surface area contributed by atoms with Crippen molar-refractivity contribution in [3.05, 3.63) is 52.8 Å². The van der Waals surface area contributed by atoms with Crippen LogP contribution < -0.4 is 5.32 Å². The van der Waals surface area contributed by atoms with Crippen molar-refractivity contribution in [3.63, 3.8) is 0 Å². The molecule has 1 amide bonds. The molecule has 0 unspecified atom stereocenters. The van der Waals surface area contributed by atoms with E-state index >= 15 is 0 Å². The number of sulfonamides is 1. The predicted molar refractivity (Wildman–Crippen MR) is 120 cm³/mol. The maximum Gasteiger partial charge on any atom is 0.243 e. The van der Waals surface area contributed by atoms with Gasteiger partial charge in [-0.3, -0.25) is 4.79 Å². The third-order valence-electron chi connectivity index (χ3n) is 5.63. The van der Waals surface area contributed by atoms with Gasteiger partial charge in [-0.15, -0.1) is 0 Å². The van der Waals surface area contributed by atoms with Gasteiger partial charge in [-0.2, -0.15) is 4.31 Å². The van der Waals surface area contributed by atoms with Crippen LogP contribution in [0.4, 0.5) is 9.52 Å². The molecule has 1 fully saturated rings. The number of fused-ring (bicyclic) bond motifs is 1. The summed E-state index contributed by atoms with van der Waals surface area (Å²) in [6, 6.07) is 7.76. The molecule has 1 aliphatic heterocycles. The fraction of sp³-hybridized carbons (Fsp3) is 0.364. The van der Waals surface area contributed by atoms with Gasteiger partial charge >= 0.3 is 0 Å². The van der Waals surface area contributed by atoms with Gasteiger partial charge in [0.2, 0.25) is 15.9 Å². The van der Waals surface area contributed by atoms with E-state index in [9.17, 15) is 17.6 Å². The van der Waals surface area contributed by atoms with Gasteiger partial charge in [0.05, 0.1) is 15.1 Å². The number of hydrogen-bond acceptors (Lipinski definition) is 5. The molecule has 1 aromatic heterocycles. The lowest BCUT2D eigenvalue weighted by Gasteiger charge is -2.30. The summed E-state index contributed by atoms with van der Waals surface area (Å²) in [5.74, 6) is -0.883. The van der Waals surface area contributed by atoms with Gasteiger partial charge in [0.1, 0.15) is 5.82 Å². The molecule has 0 saturated carbocycles. The fourth-order valence-electron chi connectivity index (χ4n) is 4.04. The number of benzene rings is 2. The summed E-state index contributed by atoms with van der Waals surface area (Å²) < 4.78 is 41.7. The van der Waals surface area contributed by atoms with Gasteiger partial charge in [-0.25, -0.2) is 17.8 Å². The summed E-state index contributed by atoms with van der Waals surface area (Å²) >= 11 is 1.45.